The maximum Gasteiger partial charge on any atom is 0.236 e. The lowest BCUT2D eigenvalue weighted by atomic mass is 10.5. The molecule has 0 saturated heterocycles. The van der Waals surface area contributed by atoms with E-state index in [2.05, 4.69) is 25.8 Å². The van der Waals surface area contributed by atoms with Gasteiger partial charge in [0.2, 0.25) is 16.9 Å². The zero-order valence-corrected chi connectivity index (χ0v) is 13.8. The summed E-state index contributed by atoms with van der Waals surface area (Å²) < 4.78 is 0.631. The second-order valence-corrected chi connectivity index (χ2v) is 6.96. The number of thioether (sulfide) groups is 1. The summed E-state index contributed by atoms with van der Waals surface area (Å²) in [5.74, 6) is -0.0436. The minimum absolute atomic E-state index is 0.111. The monoisotopic (exact) mass is 343 g/mol. The van der Waals surface area contributed by atoms with Crippen molar-refractivity contribution in [3.63, 3.8) is 0 Å². The molecule has 0 aliphatic heterocycles. The molecule has 2 rings (SSSR count). The smallest absolute Gasteiger partial charge is 0.236 e. The molecule has 0 radical (unpaired) electrons. The van der Waals surface area contributed by atoms with E-state index in [1.165, 1.54) is 34.4 Å². The predicted octanol–water partition coefficient (Wildman–Crippen LogP) is 2.38. The minimum Gasteiger partial charge on any atom is -0.301 e. The molecule has 2 amide bonds. The fourth-order valence-electron chi connectivity index (χ4n) is 1.22. The van der Waals surface area contributed by atoms with E-state index in [4.69, 9.17) is 0 Å². The fourth-order valence-corrected chi connectivity index (χ4v) is 3.49. The van der Waals surface area contributed by atoms with E-state index in [0.29, 0.717) is 21.0 Å². The zero-order chi connectivity index (χ0) is 15.2. The van der Waals surface area contributed by atoms with Crippen LogP contribution in [0.2, 0.25) is 0 Å². The van der Waals surface area contributed by atoms with Crippen molar-refractivity contribution in [1.82, 2.24) is 15.2 Å². The lowest BCUT2D eigenvalue weighted by molar-refractivity contribution is -0.116. The second-order valence-electron chi connectivity index (χ2n) is 3.91. The minimum atomic E-state index is -0.149. The van der Waals surface area contributed by atoms with Crippen LogP contribution in [-0.4, -0.2) is 32.7 Å². The third-order valence-electron chi connectivity index (χ3n) is 2.17. The van der Waals surface area contributed by atoms with Crippen LogP contribution in [0.15, 0.2) is 9.72 Å². The van der Waals surface area contributed by atoms with E-state index in [1.54, 1.807) is 6.92 Å². The Hall–Kier alpha value is -1.52. The number of hydrogen-bond donors (Lipinski definition) is 2. The summed E-state index contributed by atoms with van der Waals surface area (Å²) in [7, 11) is 0. The molecule has 0 fully saturated rings. The van der Waals surface area contributed by atoms with Gasteiger partial charge in [0.05, 0.1) is 11.4 Å². The van der Waals surface area contributed by atoms with Crippen LogP contribution in [-0.2, 0) is 9.59 Å². The van der Waals surface area contributed by atoms with E-state index in [9.17, 15) is 9.59 Å². The summed E-state index contributed by atoms with van der Waals surface area (Å²) in [6, 6.07) is 0. The van der Waals surface area contributed by atoms with Gasteiger partial charge >= 0.3 is 0 Å². The molecule has 7 nitrogen and oxygen atoms in total. The number of aryl methyl sites for hydroxylation is 1. The Morgan fingerprint density at radius 1 is 1.24 bits per heavy atom. The Balaban J connectivity index is 1.80. The zero-order valence-electron chi connectivity index (χ0n) is 11.4. The standard InChI is InChI=1S/C11H13N5O2S3/c1-3-7(17)13-10-15-16-11(21-10)20-5-8(18)14-9-12-6(2)4-19-9/h4H,3,5H2,1-2H3,(H,12,14,18)(H,13,15,17). The molecule has 0 aliphatic carbocycles. The summed E-state index contributed by atoms with van der Waals surface area (Å²) in [6.45, 7) is 3.63. The van der Waals surface area contributed by atoms with Crippen LogP contribution in [0.1, 0.15) is 19.0 Å². The van der Waals surface area contributed by atoms with Gasteiger partial charge in [-0.05, 0) is 6.92 Å². The topological polar surface area (TPSA) is 96.9 Å². The van der Waals surface area contributed by atoms with Gasteiger partial charge in [-0.3, -0.25) is 9.59 Å². The van der Waals surface area contributed by atoms with Crippen molar-refractivity contribution < 1.29 is 9.59 Å². The van der Waals surface area contributed by atoms with Crippen LogP contribution in [0.25, 0.3) is 0 Å². The van der Waals surface area contributed by atoms with Gasteiger partial charge in [-0.2, -0.15) is 0 Å². The van der Waals surface area contributed by atoms with Crippen molar-refractivity contribution in [2.45, 2.75) is 24.6 Å². The summed E-state index contributed by atoms with van der Waals surface area (Å²) in [6.07, 6.45) is 0.387. The predicted molar refractivity (Wildman–Crippen MR) is 85.0 cm³/mol. The number of thiazole rings is 1. The van der Waals surface area contributed by atoms with Gasteiger partial charge in [-0.1, -0.05) is 30.0 Å². The van der Waals surface area contributed by atoms with Crippen molar-refractivity contribution in [1.29, 1.82) is 0 Å². The van der Waals surface area contributed by atoms with Crippen molar-refractivity contribution in [3.8, 4) is 0 Å². The molecule has 10 heteroatoms. The number of hydrogen-bond acceptors (Lipinski definition) is 8. The molecule has 112 valence electrons. The molecule has 0 spiro atoms. The Labute approximate surface area is 133 Å². The normalized spacial score (nSPS) is 10.4. The van der Waals surface area contributed by atoms with Gasteiger partial charge in [0.15, 0.2) is 9.47 Å². The summed E-state index contributed by atoms with van der Waals surface area (Å²) in [5.41, 5.74) is 0.878. The molecular weight excluding hydrogens is 330 g/mol. The molecule has 0 bridgehead atoms. The van der Waals surface area contributed by atoms with Gasteiger partial charge in [-0.25, -0.2) is 4.98 Å². The molecule has 0 unspecified atom stereocenters. The van der Waals surface area contributed by atoms with Crippen LogP contribution in [0.4, 0.5) is 10.3 Å². The highest BCUT2D eigenvalue weighted by Crippen LogP contribution is 2.25. The van der Waals surface area contributed by atoms with Gasteiger partial charge < -0.3 is 10.6 Å². The molecule has 0 aromatic carbocycles. The van der Waals surface area contributed by atoms with Gasteiger partial charge in [-0.15, -0.1) is 21.5 Å². The maximum atomic E-state index is 11.7. The summed E-state index contributed by atoms with van der Waals surface area (Å²) in [5, 5.41) is 16.0. The van der Waals surface area contributed by atoms with Gasteiger partial charge in [0, 0.05) is 11.8 Å². The number of aromatic nitrogens is 3. The van der Waals surface area contributed by atoms with Crippen LogP contribution in [0.5, 0.6) is 0 Å². The first-order chi connectivity index (χ1) is 10.1. The average Bonchev–Trinajstić information content (AvgIpc) is 3.06. The van der Waals surface area contributed by atoms with Gasteiger partial charge in [0.1, 0.15) is 0 Å². The van der Waals surface area contributed by atoms with E-state index in [-0.39, 0.29) is 17.6 Å². The van der Waals surface area contributed by atoms with Crippen molar-refractivity contribution in [2.75, 3.05) is 16.4 Å². The number of carbonyl (C=O) groups is 2. The van der Waals surface area contributed by atoms with E-state index < -0.39 is 0 Å². The summed E-state index contributed by atoms with van der Waals surface area (Å²) >= 11 is 3.90. The third kappa shape index (κ3) is 5.06. The second kappa shape index (κ2) is 7.48. The molecule has 2 aromatic rings. The lowest BCUT2D eigenvalue weighted by Crippen LogP contribution is -2.13. The first kappa shape index (κ1) is 15.9. The Bertz CT molecular complexity index is 639. The van der Waals surface area contributed by atoms with Crippen LogP contribution >= 0.6 is 34.4 Å². The number of anilines is 2. The van der Waals surface area contributed by atoms with E-state index in [0.717, 1.165) is 5.69 Å². The highest BCUT2D eigenvalue weighted by atomic mass is 32.2. The lowest BCUT2D eigenvalue weighted by Gasteiger charge is -1.99. The third-order valence-corrected chi connectivity index (χ3v) is 5.01. The molecule has 21 heavy (non-hydrogen) atoms. The van der Waals surface area contributed by atoms with Crippen molar-refractivity contribution >= 4 is 56.5 Å². The van der Waals surface area contributed by atoms with Crippen LogP contribution in [0, 0.1) is 6.92 Å². The fraction of sp³-hybridized carbons (Fsp3) is 0.364. The highest BCUT2D eigenvalue weighted by Gasteiger charge is 2.10. The molecule has 2 heterocycles. The number of nitrogens with one attached hydrogen (secondary N) is 2. The molecule has 2 N–H and O–H groups in total. The van der Waals surface area contributed by atoms with Crippen molar-refractivity contribution in [2.24, 2.45) is 0 Å². The first-order valence-electron chi connectivity index (χ1n) is 6.05. The van der Waals surface area contributed by atoms with Crippen LogP contribution in [0.3, 0.4) is 0 Å². The number of carbonyl (C=O) groups excluding carboxylic acids is 2. The first-order valence-corrected chi connectivity index (χ1v) is 8.73. The number of rotatable bonds is 6. The van der Waals surface area contributed by atoms with E-state index >= 15 is 0 Å². The van der Waals surface area contributed by atoms with Crippen LogP contribution < -0.4 is 10.6 Å². The average molecular weight is 343 g/mol. The highest BCUT2D eigenvalue weighted by molar-refractivity contribution is 8.01. The molecule has 2 aromatic heterocycles. The number of amides is 2. The molecule has 0 saturated carbocycles. The van der Waals surface area contributed by atoms with E-state index in [1.807, 2.05) is 12.3 Å². The maximum absolute atomic E-state index is 11.7. The molecular formula is C11H13N5O2S3. The largest absolute Gasteiger partial charge is 0.301 e. The molecule has 0 atom stereocenters. The quantitative estimate of drug-likeness (QED) is 0.617. The van der Waals surface area contributed by atoms with Crippen molar-refractivity contribution in [3.05, 3.63) is 11.1 Å². The Morgan fingerprint density at radius 3 is 2.67 bits per heavy atom. The van der Waals surface area contributed by atoms with Gasteiger partial charge in [0.25, 0.3) is 0 Å². The summed E-state index contributed by atoms with van der Waals surface area (Å²) in [4.78, 5) is 27.1. The Kier molecular flexibility index (Phi) is 5.65. The Morgan fingerprint density at radius 2 is 2.00 bits per heavy atom. The number of nitrogens with zero attached hydrogens (tertiary/aromatic N) is 3. The SMILES string of the molecule is CCC(=O)Nc1nnc(SCC(=O)Nc2nc(C)cs2)s1. The molecule has 0 aliphatic rings.